The van der Waals surface area contributed by atoms with Crippen LogP contribution in [0.3, 0.4) is 0 Å². The smallest absolute Gasteiger partial charge is 0.307 e. The van der Waals surface area contributed by atoms with Crippen molar-refractivity contribution in [3.05, 3.63) is 51.1 Å². The van der Waals surface area contributed by atoms with E-state index in [4.69, 9.17) is 0 Å². The van der Waals surface area contributed by atoms with Gasteiger partial charge in [0.1, 0.15) is 0 Å². The van der Waals surface area contributed by atoms with Gasteiger partial charge in [-0.15, -0.1) is 10.2 Å². The van der Waals surface area contributed by atoms with Crippen LogP contribution in [0.4, 0.5) is 5.95 Å². The average molecular weight is 402 g/mol. The Balaban J connectivity index is 1.58. The molecule has 0 aliphatic carbocycles. The van der Waals surface area contributed by atoms with E-state index in [1.807, 2.05) is 35.1 Å². The Morgan fingerprint density at radius 1 is 1.11 bits per heavy atom. The van der Waals surface area contributed by atoms with Crippen molar-refractivity contribution in [2.24, 2.45) is 0 Å². The Morgan fingerprint density at radius 2 is 1.89 bits per heavy atom. The molecular formula is C19H23N5OS2. The van der Waals surface area contributed by atoms with E-state index in [1.165, 1.54) is 30.6 Å². The van der Waals surface area contributed by atoms with E-state index in [9.17, 15) is 4.79 Å². The van der Waals surface area contributed by atoms with Gasteiger partial charge in [-0.3, -0.25) is 9.36 Å². The second-order valence-electron chi connectivity index (χ2n) is 6.64. The molecule has 0 atom stereocenters. The van der Waals surface area contributed by atoms with Gasteiger partial charge in [-0.25, -0.2) is 0 Å². The van der Waals surface area contributed by atoms with Crippen molar-refractivity contribution in [1.29, 1.82) is 0 Å². The summed E-state index contributed by atoms with van der Waals surface area (Å²) in [6.07, 6.45) is 3.68. The van der Waals surface area contributed by atoms with E-state index in [-0.39, 0.29) is 4.87 Å². The van der Waals surface area contributed by atoms with Crippen molar-refractivity contribution >= 4 is 29.0 Å². The SMILES string of the molecule is Cc1csc(=O)n1CCSc1nnc(N2CCCCC2)n1-c1ccccc1. The van der Waals surface area contributed by atoms with Crippen LogP contribution in [-0.2, 0) is 6.54 Å². The maximum atomic E-state index is 11.9. The molecule has 1 aromatic carbocycles. The Kier molecular flexibility index (Phi) is 5.63. The number of benzene rings is 1. The fourth-order valence-corrected chi connectivity index (χ4v) is 4.99. The van der Waals surface area contributed by atoms with Gasteiger partial charge in [-0.1, -0.05) is 41.3 Å². The largest absolute Gasteiger partial charge is 0.341 e. The van der Waals surface area contributed by atoms with Gasteiger partial charge >= 0.3 is 4.87 Å². The lowest BCUT2D eigenvalue weighted by atomic mass is 10.1. The Labute approximate surface area is 166 Å². The van der Waals surface area contributed by atoms with Crippen molar-refractivity contribution in [2.75, 3.05) is 23.7 Å². The van der Waals surface area contributed by atoms with E-state index in [2.05, 4.69) is 31.8 Å². The molecule has 0 bridgehead atoms. The van der Waals surface area contributed by atoms with Crippen molar-refractivity contribution in [3.8, 4) is 5.69 Å². The van der Waals surface area contributed by atoms with E-state index in [1.54, 1.807) is 11.8 Å². The Morgan fingerprint density at radius 3 is 2.59 bits per heavy atom. The number of nitrogens with zero attached hydrogens (tertiary/aromatic N) is 5. The number of hydrogen-bond acceptors (Lipinski definition) is 6. The number of aryl methyl sites for hydroxylation is 1. The van der Waals surface area contributed by atoms with Gasteiger partial charge in [-0.2, -0.15) is 0 Å². The first-order chi connectivity index (χ1) is 13.2. The molecule has 0 amide bonds. The molecular weight excluding hydrogens is 378 g/mol. The van der Waals surface area contributed by atoms with Crippen LogP contribution in [0, 0.1) is 6.92 Å². The highest BCUT2D eigenvalue weighted by Gasteiger charge is 2.21. The van der Waals surface area contributed by atoms with E-state index >= 15 is 0 Å². The molecule has 8 heteroatoms. The fourth-order valence-electron chi connectivity index (χ4n) is 3.36. The highest BCUT2D eigenvalue weighted by atomic mass is 32.2. The second kappa shape index (κ2) is 8.31. The predicted molar refractivity (Wildman–Crippen MR) is 111 cm³/mol. The number of rotatable bonds is 6. The van der Waals surface area contributed by atoms with Crippen LogP contribution in [0.25, 0.3) is 5.69 Å². The molecule has 0 unspecified atom stereocenters. The summed E-state index contributed by atoms with van der Waals surface area (Å²) < 4.78 is 3.98. The summed E-state index contributed by atoms with van der Waals surface area (Å²) in [6.45, 7) is 4.71. The van der Waals surface area contributed by atoms with Gasteiger partial charge in [0.05, 0.1) is 5.69 Å². The molecule has 142 valence electrons. The number of thioether (sulfide) groups is 1. The minimum Gasteiger partial charge on any atom is -0.341 e. The van der Waals surface area contributed by atoms with Gasteiger partial charge in [0.25, 0.3) is 0 Å². The lowest BCUT2D eigenvalue weighted by Gasteiger charge is -2.27. The van der Waals surface area contributed by atoms with Gasteiger partial charge in [0, 0.05) is 36.5 Å². The minimum absolute atomic E-state index is 0.103. The third-order valence-corrected chi connectivity index (χ3v) is 6.58. The van der Waals surface area contributed by atoms with Crippen LogP contribution >= 0.6 is 23.1 Å². The predicted octanol–water partition coefficient (Wildman–Crippen LogP) is 3.58. The van der Waals surface area contributed by atoms with Crippen molar-refractivity contribution in [2.45, 2.75) is 37.9 Å². The molecule has 0 saturated carbocycles. The Hall–Kier alpha value is -2.06. The summed E-state index contributed by atoms with van der Waals surface area (Å²) in [5, 5.41) is 11.8. The van der Waals surface area contributed by atoms with Gasteiger partial charge in [-0.05, 0) is 38.3 Å². The number of piperidine rings is 1. The quantitative estimate of drug-likeness (QED) is 0.591. The van der Waals surface area contributed by atoms with Crippen LogP contribution in [0.15, 0.2) is 45.7 Å². The summed E-state index contributed by atoms with van der Waals surface area (Å²) in [5.74, 6) is 1.70. The maximum Gasteiger partial charge on any atom is 0.307 e. The zero-order valence-corrected chi connectivity index (χ0v) is 17.0. The monoisotopic (exact) mass is 401 g/mol. The lowest BCUT2D eigenvalue weighted by Crippen LogP contribution is -2.31. The molecule has 1 aliphatic rings. The second-order valence-corrected chi connectivity index (χ2v) is 8.53. The number of aromatic nitrogens is 4. The van der Waals surface area contributed by atoms with Crippen LogP contribution in [-0.4, -0.2) is 38.2 Å². The summed E-state index contributed by atoms with van der Waals surface area (Å²) in [5.41, 5.74) is 2.10. The normalized spacial score (nSPS) is 14.6. The van der Waals surface area contributed by atoms with Crippen molar-refractivity contribution in [1.82, 2.24) is 19.3 Å². The van der Waals surface area contributed by atoms with Crippen LogP contribution < -0.4 is 9.77 Å². The third kappa shape index (κ3) is 3.96. The number of anilines is 1. The third-order valence-electron chi connectivity index (χ3n) is 4.79. The summed E-state index contributed by atoms with van der Waals surface area (Å²) >= 11 is 2.91. The van der Waals surface area contributed by atoms with Crippen LogP contribution in [0.2, 0.25) is 0 Å². The molecule has 0 radical (unpaired) electrons. The van der Waals surface area contributed by atoms with Crippen LogP contribution in [0.5, 0.6) is 0 Å². The molecule has 6 nitrogen and oxygen atoms in total. The van der Waals surface area contributed by atoms with Crippen molar-refractivity contribution in [3.63, 3.8) is 0 Å². The van der Waals surface area contributed by atoms with Gasteiger partial charge in [0.15, 0.2) is 5.16 Å². The summed E-state index contributed by atoms with van der Waals surface area (Å²) in [7, 11) is 0. The zero-order valence-electron chi connectivity index (χ0n) is 15.4. The summed E-state index contributed by atoms with van der Waals surface area (Å²) in [4.78, 5) is 14.4. The number of para-hydroxylation sites is 1. The van der Waals surface area contributed by atoms with E-state index in [0.717, 1.165) is 41.3 Å². The van der Waals surface area contributed by atoms with E-state index < -0.39 is 0 Å². The average Bonchev–Trinajstić information content (AvgIpc) is 3.27. The standard InChI is InChI=1S/C19H23N5OS2/c1-15-14-27-19(25)23(15)12-13-26-18-21-20-17(22-10-6-3-7-11-22)24(18)16-8-4-2-5-9-16/h2,4-5,8-9,14H,3,6-7,10-13H2,1H3. The molecule has 1 aliphatic heterocycles. The molecule has 3 heterocycles. The first-order valence-electron chi connectivity index (χ1n) is 9.27. The molecule has 0 spiro atoms. The zero-order chi connectivity index (χ0) is 18.6. The summed E-state index contributed by atoms with van der Waals surface area (Å²) in [6, 6.07) is 10.3. The number of thiazole rings is 1. The number of hydrogen-bond donors (Lipinski definition) is 0. The van der Waals surface area contributed by atoms with Crippen molar-refractivity contribution < 1.29 is 0 Å². The van der Waals surface area contributed by atoms with Crippen LogP contribution in [0.1, 0.15) is 25.0 Å². The highest BCUT2D eigenvalue weighted by molar-refractivity contribution is 7.99. The van der Waals surface area contributed by atoms with Gasteiger partial charge < -0.3 is 9.47 Å². The molecule has 27 heavy (non-hydrogen) atoms. The molecule has 1 fully saturated rings. The molecule has 1 saturated heterocycles. The van der Waals surface area contributed by atoms with Gasteiger partial charge in [0.2, 0.25) is 5.95 Å². The first-order valence-corrected chi connectivity index (χ1v) is 11.1. The first kappa shape index (κ1) is 18.3. The lowest BCUT2D eigenvalue weighted by molar-refractivity contribution is 0.564. The Bertz CT molecular complexity index is 941. The molecule has 0 N–H and O–H groups in total. The molecule has 3 aromatic rings. The molecule has 2 aromatic heterocycles. The maximum absolute atomic E-state index is 11.9. The highest BCUT2D eigenvalue weighted by Crippen LogP contribution is 2.28. The topological polar surface area (TPSA) is 56.0 Å². The van der Waals surface area contributed by atoms with E-state index in [0.29, 0.717) is 6.54 Å². The minimum atomic E-state index is 0.103. The fraction of sp³-hybridized carbons (Fsp3) is 0.421. The molecule has 4 rings (SSSR count).